The highest BCUT2D eigenvalue weighted by molar-refractivity contribution is 8.04. The third kappa shape index (κ3) is 3.40. The van der Waals surface area contributed by atoms with Crippen molar-refractivity contribution in [2.75, 3.05) is 24.9 Å². The fourth-order valence-corrected chi connectivity index (χ4v) is 4.16. The lowest BCUT2D eigenvalue weighted by Crippen LogP contribution is -2.31. The number of hydrogen-bond acceptors (Lipinski definition) is 5. The van der Waals surface area contributed by atoms with E-state index in [1.54, 1.807) is 25.3 Å². The molecule has 6 heteroatoms. The molecule has 0 bridgehead atoms. The number of benzene rings is 2. The molecule has 28 heavy (non-hydrogen) atoms. The number of nitrogens with zero attached hydrogens (tertiary/aromatic N) is 1. The number of thioether (sulfide) groups is 1. The normalized spacial score (nSPS) is 14.1. The van der Waals surface area contributed by atoms with E-state index in [1.807, 2.05) is 39.0 Å². The summed E-state index contributed by atoms with van der Waals surface area (Å²) in [4.78, 5) is 28.2. The van der Waals surface area contributed by atoms with Gasteiger partial charge in [-0.1, -0.05) is 30.7 Å². The molecule has 2 aromatic carbocycles. The zero-order valence-corrected chi connectivity index (χ0v) is 17.5. The van der Waals surface area contributed by atoms with Crippen LogP contribution in [0.3, 0.4) is 0 Å². The Hall–Kier alpha value is -2.73. The summed E-state index contributed by atoms with van der Waals surface area (Å²) in [6, 6.07) is 10.9. The lowest BCUT2D eigenvalue weighted by atomic mass is 9.99. The molecule has 0 unspecified atom stereocenters. The number of ether oxygens (including phenoxy) is 2. The SMILES string of the molecule is CCSC1=C(c2ccc(C)cc2C)C(=O)N(c2ccc(OC)c(OC)c2)C1=O. The van der Waals surface area contributed by atoms with E-state index in [2.05, 4.69) is 0 Å². The molecular formula is C22H23NO4S. The van der Waals surface area contributed by atoms with Crippen LogP contribution in [0.25, 0.3) is 5.57 Å². The van der Waals surface area contributed by atoms with Gasteiger partial charge in [-0.15, -0.1) is 11.8 Å². The van der Waals surface area contributed by atoms with Crippen molar-refractivity contribution in [3.63, 3.8) is 0 Å². The predicted molar refractivity (Wildman–Crippen MR) is 113 cm³/mol. The first-order valence-corrected chi connectivity index (χ1v) is 9.97. The summed E-state index contributed by atoms with van der Waals surface area (Å²) in [7, 11) is 3.06. The van der Waals surface area contributed by atoms with Gasteiger partial charge >= 0.3 is 0 Å². The largest absolute Gasteiger partial charge is 0.493 e. The highest BCUT2D eigenvalue weighted by Gasteiger charge is 2.40. The van der Waals surface area contributed by atoms with Crippen LogP contribution in [-0.4, -0.2) is 31.8 Å². The topological polar surface area (TPSA) is 55.8 Å². The molecule has 5 nitrogen and oxygen atoms in total. The molecule has 146 valence electrons. The second-order valence-electron chi connectivity index (χ2n) is 6.44. The summed E-state index contributed by atoms with van der Waals surface area (Å²) >= 11 is 1.39. The number of carbonyl (C=O) groups is 2. The van der Waals surface area contributed by atoms with Crippen molar-refractivity contribution in [2.45, 2.75) is 20.8 Å². The first-order valence-electron chi connectivity index (χ1n) is 8.98. The van der Waals surface area contributed by atoms with Crippen LogP contribution in [0.5, 0.6) is 11.5 Å². The maximum Gasteiger partial charge on any atom is 0.272 e. The van der Waals surface area contributed by atoms with Crippen LogP contribution in [0.15, 0.2) is 41.3 Å². The molecule has 0 saturated carbocycles. The molecule has 3 rings (SSSR count). The predicted octanol–water partition coefficient (Wildman–Crippen LogP) is 4.36. The van der Waals surface area contributed by atoms with Crippen molar-refractivity contribution in [1.82, 2.24) is 0 Å². The zero-order valence-electron chi connectivity index (χ0n) is 16.7. The number of hydrogen-bond donors (Lipinski definition) is 0. The van der Waals surface area contributed by atoms with Gasteiger partial charge in [0.25, 0.3) is 11.8 Å². The Labute approximate surface area is 169 Å². The molecule has 0 spiro atoms. The van der Waals surface area contributed by atoms with Crippen molar-refractivity contribution in [3.8, 4) is 11.5 Å². The lowest BCUT2D eigenvalue weighted by Gasteiger charge is -2.17. The minimum Gasteiger partial charge on any atom is -0.493 e. The molecule has 0 fully saturated rings. The number of aryl methyl sites for hydroxylation is 2. The number of imide groups is 1. The van der Waals surface area contributed by atoms with Gasteiger partial charge in [0, 0.05) is 6.07 Å². The number of rotatable bonds is 6. The Kier molecular flexibility index (Phi) is 5.79. The highest BCUT2D eigenvalue weighted by atomic mass is 32.2. The Bertz CT molecular complexity index is 980. The van der Waals surface area contributed by atoms with Gasteiger partial charge in [0.1, 0.15) is 0 Å². The third-order valence-electron chi connectivity index (χ3n) is 4.61. The molecular weight excluding hydrogens is 374 g/mol. The quantitative estimate of drug-likeness (QED) is 0.678. The molecule has 0 atom stereocenters. The summed E-state index contributed by atoms with van der Waals surface area (Å²) in [6.07, 6.45) is 0. The van der Waals surface area contributed by atoms with E-state index in [0.717, 1.165) is 16.7 Å². The van der Waals surface area contributed by atoms with Gasteiger partial charge in [-0.05, 0) is 42.9 Å². The van der Waals surface area contributed by atoms with E-state index in [4.69, 9.17) is 9.47 Å². The standard InChI is InChI=1S/C22H23NO4S/c1-6-28-20-19(16-9-7-13(2)11-14(16)3)21(24)23(22(20)25)15-8-10-17(26-4)18(12-15)27-5/h7-12H,6H2,1-5H3. The minimum absolute atomic E-state index is 0.306. The summed E-state index contributed by atoms with van der Waals surface area (Å²) in [5.74, 6) is 1.07. The summed E-state index contributed by atoms with van der Waals surface area (Å²) < 4.78 is 10.6. The molecule has 0 aliphatic carbocycles. The fraction of sp³-hybridized carbons (Fsp3) is 0.273. The molecule has 2 amide bonds. The third-order valence-corrected chi connectivity index (χ3v) is 5.56. The van der Waals surface area contributed by atoms with Crippen molar-refractivity contribution in [3.05, 3.63) is 58.0 Å². The lowest BCUT2D eigenvalue weighted by molar-refractivity contribution is -0.119. The Morgan fingerprint density at radius 1 is 0.929 bits per heavy atom. The van der Waals surface area contributed by atoms with Crippen LogP contribution in [0.1, 0.15) is 23.6 Å². The van der Waals surface area contributed by atoms with E-state index < -0.39 is 0 Å². The molecule has 1 aliphatic rings. The second-order valence-corrected chi connectivity index (χ2v) is 7.71. The number of carbonyl (C=O) groups excluding carboxylic acids is 2. The van der Waals surface area contributed by atoms with Crippen LogP contribution in [0, 0.1) is 13.8 Å². The Balaban J connectivity index is 2.11. The highest BCUT2D eigenvalue weighted by Crippen LogP contribution is 2.41. The first-order chi connectivity index (χ1) is 13.4. The average Bonchev–Trinajstić information content (AvgIpc) is 2.92. The Morgan fingerprint density at radius 3 is 2.25 bits per heavy atom. The van der Waals surface area contributed by atoms with Crippen molar-refractivity contribution >= 4 is 34.8 Å². The van der Waals surface area contributed by atoms with Crippen LogP contribution < -0.4 is 14.4 Å². The summed E-state index contributed by atoms with van der Waals surface area (Å²) in [5, 5.41) is 0. The van der Waals surface area contributed by atoms with E-state index in [-0.39, 0.29) is 11.8 Å². The minimum atomic E-state index is -0.319. The maximum absolute atomic E-state index is 13.4. The fourth-order valence-electron chi connectivity index (χ4n) is 3.32. The monoisotopic (exact) mass is 397 g/mol. The molecule has 1 aliphatic heterocycles. The number of amides is 2. The zero-order chi connectivity index (χ0) is 20.4. The van der Waals surface area contributed by atoms with Crippen molar-refractivity contribution in [1.29, 1.82) is 0 Å². The van der Waals surface area contributed by atoms with Crippen molar-refractivity contribution < 1.29 is 19.1 Å². The van der Waals surface area contributed by atoms with Gasteiger partial charge in [0.05, 0.1) is 30.4 Å². The summed E-state index contributed by atoms with van der Waals surface area (Å²) in [6.45, 7) is 5.93. The molecule has 1 heterocycles. The van der Waals surface area contributed by atoms with E-state index in [0.29, 0.717) is 33.4 Å². The molecule has 0 saturated heterocycles. The van der Waals surface area contributed by atoms with Gasteiger partial charge in [-0.2, -0.15) is 0 Å². The maximum atomic E-state index is 13.4. The average molecular weight is 397 g/mol. The van der Waals surface area contributed by atoms with Gasteiger partial charge in [0.2, 0.25) is 0 Å². The van der Waals surface area contributed by atoms with Crippen LogP contribution in [-0.2, 0) is 9.59 Å². The molecule has 2 aromatic rings. The van der Waals surface area contributed by atoms with E-state index in [1.165, 1.54) is 23.8 Å². The van der Waals surface area contributed by atoms with Crippen LogP contribution in [0.2, 0.25) is 0 Å². The first kappa shape index (κ1) is 20.0. The van der Waals surface area contributed by atoms with E-state index >= 15 is 0 Å². The molecule has 0 N–H and O–H groups in total. The number of anilines is 1. The Morgan fingerprint density at radius 2 is 1.64 bits per heavy atom. The molecule has 0 aromatic heterocycles. The summed E-state index contributed by atoms with van der Waals surface area (Å²) in [5.41, 5.74) is 3.80. The van der Waals surface area contributed by atoms with Gasteiger partial charge in [0.15, 0.2) is 11.5 Å². The van der Waals surface area contributed by atoms with Gasteiger partial charge < -0.3 is 9.47 Å². The van der Waals surface area contributed by atoms with E-state index in [9.17, 15) is 9.59 Å². The smallest absolute Gasteiger partial charge is 0.272 e. The molecule has 0 radical (unpaired) electrons. The second kappa shape index (κ2) is 8.10. The van der Waals surface area contributed by atoms with Crippen molar-refractivity contribution in [2.24, 2.45) is 0 Å². The van der Waals surface area contributed by atoms with Crippen LogP contribution in [0.4, 0.5) is 5.69 Å². The van der Waals surface area contributed by atoms with Gasteiger partial charge in [-0.25, -0.2) is 4.90 Å². The van der Waals surface area contributed by atoms with Gasteiger partial charge in [-0.3, -0.25) is 9.59 Å². The van der Waals surface area contributed by atoms with Crippen LogP contribution >= 0.6 is 11.8 Å². The number of methoxy groups -OCH3 is 2.